The number of hydrogen-bond donors (Lipinski definition) is 0. The summed E-state index contributed by atoms with van der Waals surface area (Å²) >= 11 is 1.45. The SMILES string of the molecule is [CH]1C=CSN=C1. The number of nitrogens with zero attached hydrogens (tertiary/aromatic N) is 1. The molecule has 0 bridgehead atoms. The molecule has 1 aliphatic heterocycles. The van der Waals surface area contributed by atoms with Crippen LogP contribution in [0.2, 0.25) is 0 Å². The van der Waals surface area contributed by atoms with Crippen molar-refractivity contribution in [3.63, 3.8) is 0 Å². The largest absolute Gasteiger partial charge is 0.224 e. The van der Waals surface area contributed by atoms with Gasteiger partial charge in [0.15, 0.2) is 0 Å². The lowest BCUT2D eigenvalue weighted by Crippen LogP contribution is -1.70. The van der Waals surface area contributed by atoms with Crippen LogP contribution in [0.25, 0.3) is 0 Å². The maximum absolute atomic E-state index is 3.83. The lowest BCUT2D eigenvalue weighted by Gasteiger charge is -1.85. The highest BCUT2D eigenvalue weighted by molar-refractivity contribution is 8.01. The molecule has 1 nitrogen and oxygen atoms in total. The summed E-state index contributed by atoms with van der Waals surface area (Å²) < 4.78 is 3.83. The Morgan fingerprint density at radius 2 is 2.50 bits per heavy atom. The second-order valence-corrected chi connectivity index (χ2v) is 1.57. The van der Waals surface area contributed by atoms with Gasteiger partial charge in [-0.2, -0.15) is 0 Å². The van der Waals surface area contributed by atoms with Crippen LogP contribution in [0, 0.1) is 6.42 Å². The van der Waals surface area contributed by atoms with Crippen LogP contribution in [0.3, 0.4) is 0 Å². The predicted molar refractivity (Wildman–Crippen MR) is 29.5 cm³/mol. The monoisotopic (exact) mass is 98.0 g/mol. The fraction of sp³-hybridized carbons (Fsp3) is 0. The minimum Gasteiger partial charge on any atom is -0.224 e. The molecule has 1 radical (unpaired) electrons. The van der Waals surface area contributed by atoms with Crippen molar-refractivity contribution in [2.75, 3.05) is 0 Å². The summed E-state index contributed by atoms with van der Waals surface area (Å²) in [7, 11) is 0. The van der Waals surface area contributed by atoms with Crippen molar-refractivity contribution in [1.82, 2.24) is 0 Å². The van der Waals surface area contributed by atoms with Crippen LogP contribution in [0.1, 0.15) is 0 Å². The van der Waals surface area contributed by atoms with E-state index in [0.717, 1.165) is 0 Å². The van der Waals surface area contributed by atoms with Gasteiger partial charge >= 0.3 is 0 Å². The molecule has 0 amide bonds. The predicted octanol–water partition coefficient (Wildman–Crippen LogP) is 1.44. The first-order valence-electron chi connectivity index (χ1n) is 1.68. The maximum Gasteiger partial charge on any atom is 0.0251 e. The third kappa shape index (κ3) is 0.863. The van der Waals surface area contributed by atoms with Gasteiger partial charge in [0, 0.05) is 24.6 Å². The summed E-state index contributed by atoms with van der Waals surface area (Å²) in [4.78, 5) is 0. The molecule has 0 atom stereocenters. The minimum absolute atomic E-state index is 1.45. The molecule has 31 valence electrons. The van der Waals surface area contributed by atoms with Gasteiger partial charge in [-0.05, 0) is 5.41 Å². The molecule has 0 saturated heterocycles. The zero-order chi connectivity index (χ0) is 4.24. The summed E-state index contributed by atoms with van der Waals surface area (Å²) in [5.74, 6) is 0. The molecule has 0 aromatic carbocycles. The van der Waals surface area contributed by atoms with E-state index in [1.807, 2.05) is 17.9 Å². The van der Waals surface area contributed by atoms with E-state index in [9.17, 15) is 0 Å². The molecule has 0 N–H and O–H groups in total. The molecule has 6 heavy (non-hydrogen) atoms. The summed E-state index contributed by atoms with van der Waals surface area (Å²) in [5.41, 5.74) is 0. The van der Waals surface area contributed by atoms with E-state index in [0.29, 0.717) is 0 Å². The summed E-state index contributed by atoms with van der Waals surface area (Å²) in [5, 5.41) is 1.93. The number of rotatable bonds is 0. The van der Waals surface area contributed by atoms with E-state index < -0.39 is 0 Å². The van der Waals surface area contributed by atoms with E-state index in [-0.39, 0.29) is 0 Å². The molecule has 0 aromatic heterocycles. The third-order valence-corrected chi connectivity index (χ3v) is 0.981. The summed E-state index contributed by atoms with van der Waals surface area (Å²) in [6.45, 7) is 0. The van der Waals surface area contributed by atoms with Gasteiger partial charge in [0.1, 0.15) is 0 Å². The van der Waals surface area contributed by atoms with E-state index in [1.165, 1.54) is 11.9 Å². The average molecular weight is 98.1 g/mol. The van der Waals surface area contributed by atoms with Crippen molar-refractivity contribution < 1.29 is 0 Å². The molecule has 1 rings (SSSR count). The van der Waals surface area contributed by atoms with Gasteiger partial charge in [-0.3, -0.25) is 0 Å². The van der Waals surface area contributed by atoms with E-state index in [4.69, 9.17) is 0 Å². The molecule has 0 aromatic rings. The van der Waals surface area contributed by atoms with Crippen molar-refractivity contribution in [3.05, 3.63) is 17.9 Å². The second kappa shape index (κ2) is 2.03. The normalized spacial score (nSPS) is 18.7. The first-order chi connectivity index (χ1) is 3.00. The van der Waals surface area contributed by atoms with Crippen LogP contribution in [-0.2, 0) is 0 Å². The van der Waals surface area contributed by atoms with E-state index in [2.05, 4.69) is 4.40 Å². The lowest BCUT2D eigenvalue weighted by atomic mass is 10.5. The Labute approximate surface area is 41.3 Å². The van der Waals surface area contributed by atoms with Crippen LogP contribution in [-0.4, -0.2) is 6.21 Å². The Balaban J connectivity index is 2.40. The summed E-state index contributed by atoms with van der Waals surface area (Å²) in [6, 6.07) is 0. The highest BCUT2D eigenvalue weighted by Gasteiger charge is 1.78. The second-order valence-electron chi connectivity index (χ2n) is 0.881. The molecule has 0 spiro atoms. The smallest absolute Gasteiger partial charge is 0.0251 e. The third-order valence-electron chi connectivity index (χ3n) is 0.458. The van der Waals surface area contributed by atoms with Crippen LogP contribution in [0.4, 0.5) is 0 Å². The van der Waals surface area contributed by atoms with Crippen LogP contribution in [0.15, 0.2) is 15.9 Å². The Kier molecular flexibility index (Phi) is 1.33. The lowest BCUT2D eigenvalue weighted by molar-refractivity contribution is 1.84. The topological polar surface area (TPSA) is 12.4 Å². The van der Waals surface area contributed by atoms with Gasteiger partial charge in [0.2, 0.25) is 0 Å². The van der Waals surface area contributed by atoms with Crippen molar-refractivity contribution >= 4 is 18.2 Å². The number of hydrogen-bond acceptors (Lipinski definition) is 2. The molecule has 0 saturated carbocycles. The summed E-state index contributed by atoms with van der Waals surface area (Å²) in [6.07, 6.45) is 5.62. The maximum atomic E-state index is 3.83. The Morgan fingerprint density at radius 1 is 1.50 bits per heavy atom. The zero-order valence-corrected chi connectivity index (χ0v) is 3.98. The highest BCUT2D eigenvalue weighted by atomic mass is 32.2. The molecular weight excluding hydrogens is 94.1 g/mol. The zero-order valence-electron chi connectivity index (χ0n) is 3.16. The molecule has 1 heterocycles. The van der Waals surface area contributed by atoms with Crippen molar-refractivity contribution in [1.29, 1.82) is 0 Å². The van der Waals surface area contributed by atoms with E-state index in [1.54, 1.807) is 6.21 Å². The van der Waals surface area contributed by atoms with Gasteiger partial charge in [0.25, 0.3) is 0 Å². The Bertz CT molecular complexity index is 65.5. The fourth-order valence-electron chi connectivity index (χ4n) is 0.236. The van der Waals surface area contributed by atoms with Crippen molar-refractivity contribution in [2.24, 2.45) is 4.40 Å². The number of allylic oxidation sites excluding steroid dienone is 1. The average Bonchev–Trinajstić information content (AvgIpc) is 1.72. The highest BCUT2D eigenvalue weighted by Crippen LogP contribution is 2.06. The molecule has 0 aliphatic carbocycles. The van der Waals surface area contributed by atoms with Crippen LogP contribution < -0.4 is 0 Å². The standard InChI is InChI=1S/C4H4NS/c1-2-4-6-5-3-1/h1-4H. The molecule has 1 aliphatic rings. The quantitative estimate of drug-likeness (QED) is 0.417. The van der Waals surface area contributed by atoms with Crippen molar-refractivity contribution in [3.8, 4) is 0 Å². The first kappa shape index (κ1) is 3.93. The minimum atomic E-state index is 1.45. The van der Waals surface area contributed by atoms with Crippen LogP contribution >= 0.6 is 11.9 Å². The first-order valence-corrected chi connectivity index (χ1v) is 2.51. The molecule has 2 heteroatoms. The molecular formula is C4H4NS. The van der Waals surface area contributed by atoms with Gasteiger partial charge in [-0.25, -0.2) is 4.40 Å². The Morgan fingerprint density at radius 3 is 2.67 bits per heavy atom. The molecule has 0 unspecified atom stereocenters. The van der Waals surface area contributed by atoms with Crippen LogP contribution in [0.5, 0.6) is 0 Å². The van der Waals surface area contributed by atoms with Gasteiger partial charge in [0.05, 0.1) is 0 Å². The fourth-order valence-corrected chi connectivity index (χ4v) is 0.607. The van der Waals surface area contributed by atoms with Gasteiger partial charge in [-0.1, -0.05) is 6.08 Å². The van der Waals surface area contributed by atoms with Crippen molar-refractivity contribution in [2.45, 2.75) is 0 Å². The van der Waals surface area contributed by atoms with Gasteiger partial charge < -0.3 is 0 Å². The Hall–Kier alpha value is -0.240. The van der Waals surface area contributed by atoms with E-state index >= 15 is 0 Å². The van der Waals surface area contributed by atoms with Gasteiger partial charge in [-0.15, -0.1) is 0 Å². The molecule has 0 fully saturated rings.